The molecule has 0 radical (unpaired) electrons. The zero-order chi connectivity index (χ0) is 19.4. The van der Waals surface area contributed by atoms with E-state index in [2.05, 4.69) is 19.2 Å². The van der Waals surface area contributed by atoms with E-state index in [1.165, 1.54) is 0 Å². The number of nitrogens with one attached hydrogen (secondary N) is 1. The minimum absolute atomic E-state index is 0.101. The number of methoxy groups -OCH3 is 2. The van der Waals surface area contributed by atoms with Crippen molar-refractivity contribution in [3.05, 3.63) is 53.6 Å². The van der Waals surface area contributed by atoms with Gasteiger partial charge in [0, 0.05) is 17.5 Å². The van der Waals surface area contributed by atoms with Gasteiger partial charge in [0.15, 0.2) is 11.5 Å². The SMILES string of the molecule is CCC1(CC)C[C@@H](NC(=O)c2ccc(OC)c(OC)c2)c2ccccc2O1. The maximum atomic E-state index is 12.9. The third-order valence-corrected chi connectivity index (χ3v) is 5.44. The normalized spacial score (nSPS) is 17.4. The maximum Gasteiger partial charge on any atom is 0.251 e. The number of rotatable bonds is 6. The highest BCUT2D eigenvalue weighted by molar-refractivity contribution is 5.95. The molecule has 0 fully saturated rings. The predicted octanol–water partition coefficient (Wildman–Crippen LogP) is 4.52. The van der Waals surface area contributed by atoms with Gasteiger partial charge in [0.2, 0.25) is 0 Å². The Morgan fingerprint density at radius 1 is 1.11 bits per heavy atom. The molecular weight excluding hydrogens is 342 g/mol. The number of hydrogen-bond acceptors (Lipinski definition) is 4. The van der Waals surface area contributed by atoms with Gasteiger partial charge in [-0.3, -0.25) is 4.79 Å². The first kappa shape index (κ1) is 19.1. The van der Waals surface area contributed by atoms with E-state index in [0.29, 0.717) is 17.1 Å². The molecule has 2 aromatic carbocycles. The van der Waals surface area contributed by atoms with E-state index in [1.54, 1.807) is 32.4 Å². The number of ether oxygens (including phenoxy) is 3. The molecule has 0 bridgehead atoms. The first-order chi connectivity index (χ1) is 13.1. The number of carbonyl (C=O) groups excluding carboxylic acids is 1. The van der Waals surface area contributed by atoms with E-state index in [9.17, 15) is 4.79 Å². The van der Waals surface area contributed by atoms with E-state index in [0.717, 1.165) is 30.6 Å². The molecule has 1 heterocycles. The van der Waals surface area contributed by atoms with Gasteiger partial charge in [-0.1, -0.05) is 32.0 Å². The zero-order valence-electron chi connectivity index (χ0n) is 16.4. The third-order valence-electron chi connectivity index (χ3n) is 5.44. The Morgan fingerprint density at radius 2 is 1.81 bits per heavy atom. The Hall–Kier alpha value is -2.69. The van der Waals surface area contributed by atoms with Crippen LogP contribution in [0.4, 0.5) is 0 Å². The average Bonchev–Trinajstić information content (AvgIpc) is 2.72. The summed E-state index contributed by atoms with van der Waals surface area (Å²) < 4.78 is 16.9. The number of hydrogen-bond donors (Lipinski definition) is 1. The predicted molar refractivity (Wildman–Crippen MR) is 105 cm³/mol. The summed E-state index contributed by atoms with van der Waals surface area (Å²) in [6.07, 6.45) is 2.52. The second-order valence-electron chi connectivity index (χ2n) is 6.83. The van der Waals surface area contributed by atoms with E-state index in [4.69, 9.17) is 14.2 Å². The van der Waals surface area contributed by atoms with Crippen molar-refractivity contribution in [2.45, 2.75) is 44.8 Å². The third kappa shape index (κ3) is 3.72. The van der Waals surface area contributed by atoms with Gasteiger partial charge < -0.3 is 19.5 Å². The summed E-state index contributed by atoms with van der Waals surface area (Å²) in [5.41, 5.74) is 1.29. The van der Waals surface area contributed by atoms with Gasteiger partial charge in [-0.2, -0.15) is 0 Å². The number of para-hydroxylation sites is 1. The van der Waals surface area contributed by atoms with Crippen molar-refractivity contribution < 1.29 is 19.0 Å². The van der Waals surface area contributed by atoms with Gasteiger partial charge in [0.25, 0.3) is 5.91 Å². The molecule has 0 aliphatic carbocycles. The van der Waals surface area contributed by atoms with E-state index >= 15 is 0 Å². The highest BCUT2D eigenvalue weighted by atomic mass is 16.5. The van der Waals surface area contributed by atoms with Gasteiger partial charge in [-0.25, -0.2) is 0 Å². The lowest BCUT2D eigenvalue weighted by Crippen LogP contribution is -2.44. The Morgan fingerprint density at radius 3 is 2.48 bits per heavy atom. The topological polar surface area (TPSA) is 56.8 Å². The summed E-state index contributed by atoms with van der Waals surface area (Å²) in [4.78, 5) is 12.9. The molecule has 0 saturated carbocycles. The van der Waals surface area contributed by atoms with Crippen LogP contribution < -0.4 is 19.5 Å². The van der Waals surface area contributed by atoms with Crippen LogP contribution in [0.1, 0.15) is 55.1 Å². The molecule has 5 heteroatoms. The molecule has 1 atom stereocenters. The van der Waals surface area contributed by atoms with Gasteiger partial charge in [0.05, 0.1) is 20.3 Å². The molecule has 2 aromatic rings. The Labute approximate surface area is 160 Å². The van der Waals surface area contributed by atoms with Crippen molar-refractivity contribution in [3.63, 3.8) is 0 Å². The second-order valence-corrected chi connectivity index (χ2v) is 6.83. The summed E-state index contributed by atoms with van der Waals surface area (Å²) in [7, 11) is 3.14. The summed E-state index contributed by atoms with van der Waals surface area (Å²) in [5.74, 6) is 1.85. The number of amides is 1. The largest absolute Gasteiger partial charge is 0.493 e. The van der Waals surface area contributed by atoms with Crippen molar-refractivity contribution in [2.24, 2.45) is 0 Å². The smallest absolute Gasteiger partial charge is 0.251 e. The fourth-order valence-electron chi connectivity index (χ4n) is 3.65. The van der Waals surface area contributed by atoms with Crippen LogP contribution in [0.3, 0.4) is 0 Å². The molecule has 0 aromatic heterocycles. The lowest BCUT2D eigenvalue weighted by molar-refractivity contribution is 0.0227. The van der Waals surface area contributed by atoms with Crippen LogP contribution >= 0.6 is 0 Å². The summed E-state index contributed by atoms with van der Waals surface area (Å²) in [6, 6.07) is 13.0. The molecule has 1 aliphatic heterocycles. The molecular formula is C22H27NO4. The van der Waals surface area contributed by atoms with Crippen LogP contribution in [0.5, 0.6) is 17.2 Å². The van der Waals surface area contributed by atoms with Crippen molar-refractivity contribution in [1.82, 2.24) is 5.32 Å². The van der Waals surface area contributed by atoms with Crippen LogP contribution in [0.15, 0.2) is 42.5 Å². The number of carbonyl (C=O) groups is 1. The Balaban J connectivity index is 1.88. The highest BCUT2D eigenvalue weighted by Crippen LogP contribution is 2.42. The molecule has 1 N–H and O–H groups in total. The monoisotopic (exact) mass is 369 g/mol. The molecule has 27 heavy (non-hydrogen) atoms. The second kappa shape index (κ2) is 7.91. The van der Waals surface area contributed by atoms with Crippen molar-refractivity contribution >= 4 is 5.91 Å². The molecule has 144 valence electrons. The Kier molecular flexibility index (Phi) is 5.59. The number of fused-ring (bicyclic) bond motifs is 1. The molecule has 1 aliphatic rings. The van der Waals surface area contributed by atoms with Crippen molar-refractivity contribution in [2.75, 3.05) is 14.2 Å². The minimum Gasteiger partial charge on any atom is -0.493 e. The van der Waals surface area contributed by atoms with Crippen LogP contribution in [0.25, 0.3) is 0 Å². The van der Waals surface area contributed by atoms with Crippen LogP contribution in [0.2, 0.25) is 0 Å². The standard InChI is InChI=1S/C22H27NO4/c1-5-22(6-2)14-17(16-9-7-8-10-18(16)27-22)23-21(24)15-11-12-19(25-3)20(13-15)26-4/h7-13,17H,5-6,14H2,1-4H3,(H,23,24)/t17-/m1/s1. The summed E-state index contributed by atoms with van der Waals surface area (Å²) >= 11 is 0. The van der Waals surface area contributed by atoms with Gasteiger partial charge in [0.1, 0.15) is 11.4 Å². The zero-order valence-corrected chi connectivity index (χ0v) is 16.4. The highest BCUT2D eigenvalue weighted by Gasteiger charge is 2.39. The number of benzene rings is 2. The molecule has 5 nitrogen and oxygen atoms in total. The van der Waals surface area contributed by atoms with Crippen LogP contribution in [0, 0.1) is 0 Å². The summed E-state index contributed by atoms with van der Waals surface area (Å²) in [5, 5.41) is 3.19. The Bertz CT molecular complexity index is 814. The lowest BCUT2D eigenvalue weighted by atomic mass is 9.83. The van der Waals surface area contributed by atoms with Crippen LogP contribution in [-0.2, 0) is 0 Å². The van der Waals surface area contributed by atoms with E-state index < -0.39 is 0 Å². The van der Waals surface area contributed by atoms with E-state index in [-0.39, 0.29) is 17.6 Å². The summed E-state index contributed by atoms with van der Waals surface area (Å²) in [6.45, 7) is 4.26. The fourth-order valence-corrected chi connectivity index (χ4v) is 3.65. The fraction of sp³-hybridized carbons (Fsp3) is 0.409. The molecule has 0 spiro atoms. The van der Waals surface area contributed by atoms with Gasteiger partial charge >= 0.3 is 0 Å². The first-order valence-corrected chi connectivity index (χ1v) is 9.36. The molecule has 3 rings (SSSR count). The van der Waals surface area contributed by atoms with Gasteiger partial charge in [-0.05, 0) is 37.1 Å². The lowest BCUT2D eigenvalue weighted by Gasteiger charge is -2.41. The first-order valence-electron chi connectivity index (χ1n) is 9.36. The minimum atomic E-state index is -0.260. The molecule has 1 amide bonds. The molecule has 0 unspecified atom stereocenters. The van der Waals surface area contributed by atoms with Gasteiger partial charge in [-0.15, -0.1) is 0 Å². The van der Waals surface area contributed by atoms with Crippen molar-refractivity contribution in [1.29, 1.82) is 0 Å². The average molecular weight is 369 g/mol. The quantitative estimate of drug-likeness (QED) is 0.814. The van der Waals surface area contributed by atoms with Crippen LogP contribution in [-0.4, -0.2) is 25.7 Å². The maximum absolute atomic E-state index is 12.9. The van der Waals surface area contributed by atoms with Crippen molar-refractivity contribution in [3.8, 4) is 17.2 Å². The molecule has 0 saturated heterocycles. The van der Waals surface area contributed by atoms with E-state index in [1.807, 2.05) is 24.3 Å².